The largest absolute Gasteiger partial charge is 0.385 e. The van der Waals surface area contributed by atoms with Gasteiger partial charge in [0, 0.05) is 25.8 Å². The highest BCUT2D eigenvalue weighted by molar-refractivity contribution is 5.94. The topological polar surface area (TPSA) is 38.3 Å². The summed E-state index contributed by atoms with van der Waals surface area (Å²) in [6.45, 7) is 1.29. The summed E-state index contributed by atoms with van der Waals surface area (Å²) in [6, 6.07) is 17.8. The van der Waals surface area contributed by atoms with Crippen molar-refractivity contribution in [2.45, 2.75) is 6.42 Å². The van der Waals surface area contributed by atoms with E-state index in [2.05, 4.69) is 17.4 Å². The minimum atomic E-state index is -0.0410. The molecule has 0 radical (unpaired) electrons. The summed E-state index contributed by atoms with van der Waals surface area (Å²) < 4.78 is 4.94. The molecule has 0 bridgehead atoms. The molecule has 1 N–H and O–H groups in total. The lowest BCUT2D eigenvalue weighted by Gasteiger charge is -2.06. The van der Waals surface area contributed by atoms with E-state index in [-0.39, 0.29) is 5.91 Å². The van der Waals surface area contributed by atoms with E-state index in [1.54, 1.807) is 7.11 Å². The zero-order chi connectivity index (χ0) is 14.2. The Labute approximate surface area is 119 Å². The van der Waals surface area contributed by atoms with Crippen LogP contribution >= 0.6 is 0 Å². The minimum Gasteiger partial charge on any atom is -0.385 e. The van der Waals surface area contributed by atoms with Crippen LogP contribution in [-0.2, 0) is 4.74 Å². The highest BCUT2D eigenvalue weighted by Crippen LogP contribution is 2.19. The molecular weight excluding hydrogens is 250 g/mol. The number of amides is 1. The average Bonchev–Trinajstić information content (AvgIpc) is 2.52. The van der Waals surface area contributed by atoms with Gasteiger partial charge in [-0.15, -0.1) is 0 Å². The minimum absolute atomic E-state index is 0.0410. The molecule has 0 unspecified atom stereocenters. The van der Waals surface area contributed by atoms with E-state index in [9.17, 15) is 4.79 Å². The summed E-state index contributed by atoms with van der Waals surface area (Å²) in [6.07, 6.45) is 0.824. The molecule has 0 spiro atoms. The van der Waals surface area contributed by atoms with Gasteiger partial charge in [0.25, 0.3) is 5.91 Å². The first-order chi connectivity index (χ1) is 9.81. The van der Waals surface area contributed by atoms with Gasteiger partial charge in [-0.3, -0.25) is 4.79 Å². The van der Waals surface area contributed by atoms with Gasteiger partial charge in [-0.25, -0.2) is 0 Å². The lowest BCUT2D eigenvalue weighted by molar-refractivity contribution is 0.0948. The van der Waals surface area contributed by atoms with Gasteiger partial charge in [0.15, 0.2) is 0 Å². The van der Waals surface area contributed by atoms with E-state index < -0.39 is 0 Å². The van der Waals surface area contributed by atoms with Gasteiger partial charge in [0.1, 0.15) is 0 Å². The summed E-state index contributed by atoms with van der Waals surface area (Å²) in [4.78, 5) is 11.9. The van der Waals surface area contributed by atoms with Crippen LogP contribution in [-0.4, -0.2) is 26.2 Å². The first-order valence-electron chi connectivity index (χ1n) is 6.74. The maximum atomic E-state index is 11.9. The Morgan fingerprint density at radius 3 is 2.30 bits per heavy atom. The number of rotatable bonds is 6. The van der Waals surface area contributed by atoms with Gasteiger partial charge < -0.3 is 10.1 Å². The number of hydrogen-bond donors (Lipinski definition) is 1. The van der Waals surface area contributed by atoms with E-state index in [4.69, 9.17) is 4.74 Å². The van der Waals surface area contributed by atoms with Gasteiger partial charge in [-0.1, -0.05) is 42.5 Å². The molecular formula is C17H19NO2. The Hall–Kier alpha value is -2.13. The second kappa shape index (κ2) is 7.46. The molecule has 0 aliphatic carbocycles. The maximum Gasteiger partial charge on any atom is 0.251 e. The van der Waals surface area contributed by atoms with Gasteiger partial charge in [-0.2, -0.15) is 0 Å². The molecule has 1 amide bonds. The second-order valence-corrected chi connectivity index (χ2v) is 4.55. The molecule has 0 saturated heterocycles. The first-order valence-corrected chi connectivity index (χ1v) is 6.74. The number of methoxy groups -OCH3 is 1. The Morgan fingerprint density at radius 1 is 1.00 bits per heavy atom. The van der Waals surface area contributed by atoms with Crippen LogP contribution in [0.5, 0.6) is 0 Å². The van der Waals surface area contributed by atoms with Crippen molar-refractivity contribution in [2.24, 2.45) is 0 Å². The molecule has 2 rings (SSSR count). The molecule has 2 aromatic carbocycles. The third-order valence-electron chi connectivity index (χ3n) is 3.07. The Morgan fingerprint density at radius 2 is 1.65 bits per heavy atom. The zero-order valence-electron chi connectivity index (χ0n) is 11.6. The molecule has 3 nitrogen and oxygen atoms in total. The maximum absolute atomic E-state index is 11.9. The van der Waals surface area contributed by atoms with Crippen LogP contribution in [0.2, 0.25) is 0 Å². The molecule has 0 aliphatic heterocycles. The summed E-state index contributed by atoms with van der Waals surface area (Å²) in [5.41, 5.74) is 2.95. The third-order valence-corrected chi connectivity index (χ3v) is 3.07. The van der Waals surface area contributed by atoms with Crippen molar-refractivity contribution in [3.8, 4) is 11.1 Å². The fraction of sp³-hybridized carbons (Fsp3) is 0.235. The summed E-state index contributed by atoms with van der Waals surface area (Å²) in [7, 11) is 1.66. The zero-order valence-corrected chi connectivity index (χ0v) is 11.6. The molecule has 0 fully saturated rings. The van der Waals surface area contributed by atoms with Gasteiger partial charge in [-0.05, 0) is 29.7 Å². The van der Waals surface area contributed by atoms with Crippen LogP contribution in [0.15, 0.2) is 54.6 Å². The number of carbonyl (C=O) groups is 1. The summed E-state index contributed by atoms with van der Waals surface area (Å²) >= 11 is 0. The fourth-order valence-electron chi connectivity index (χ4n) is 1.97. The van der Waals surface area contributed by atoms with Crippen molar-refractivity contribution < 1.29 is 9.53 Å². The number of carbonyl (C=O) groups excluding carboxylic acids is 1. The van der Waals surface area contributed by atoms with Crippen LogP contribution in [0.3, 0.4) is 0 Å². The fourth-order valence-corrected chi connectivity index (χ4v) is 1.97. The third kappa shape index (κ3) is 3.93. The molecule has 2 aromatic rings. The second-order valence-electron chi connectivity index (χ2n) is 4.55. The molecule has 0 saturated carbocycles. The van der Waals surface area contributed by atoms with E-state index in [1.165, 1.54) is 0 Å². The molecule has 20 heavy (non-hydrogen) atoms. The highest BCUT2D eigenvalue weighted by Gasteiger charge is 2.05. The molecule has 0 aliphatic rings. The summed E-state index contributed by atoms with van der Waals surface area (Å²) in [5.74, 6) is -0.0410. The molecule has 0 heterocycles. The average molecular weight is 269 g/mol. The van der Waals surface area contributed by atoms with Crippen molar-refractivity contribution in [1.82, 2.24) is 5.32 Å². The number of benzene rings is 2. The van der Waals surface area contributed by atoms with Crippen LogP contribution in [0.25, 0.3) is 11.1 Å². The van der Waals surface area contributed by atoms with E-state index in [0.717, 1.165) is 17.5 Å². The van der Waals surface area contributed by atoms with Crippen molar-refractivity contribution >= 4 is 5.91 Å². The Balaban J connectivity index is 1.96. The molecule has 0 aromatic heterocycles. The normalized spacial score (nSPS) is 10.2. The van der Waals surface area contributed by atoms with Crippen molar-refractivity contribution in [1.29, 1.82) is 0 Å². The van der Waals surface area contributed by atoms with Crippen LogP contribution < -0.4 is 5.32 Å². The van der Waals surface area contributed by atoms with Crippen molar-refractivity contribution in [3.63, 3.8) is 0 Å². The Kier molecular flexibility index (Phi) is 5.33. The monoisotopic (exact) mass is 269 g/mol. The quantitative estimate of drug-likeness (QED) is 0.818. The molecule has 104 valence electrons. The highest BCUT2D eigenvalue weighted by atomic mass is 16.5. The SMILES string of the molecule is COCCCNC(=O)c1ccc(-c2ccccc2)cc1. The Bertz CT molecular complexity index is 535. The molecule has 0 atom stereocenters. The lowest BCUT2D eigenvalue weighted by atomic mass is 10.0. The first kappa shape index (κ1) is 14.3. The number of hydrogen-bond acceptors (Lipinski definition) is 2. The van der Waals surface area contributed by atoms with Crippen LogP contribution in [0.1, 0.15) is 16.8 Å². The lowest BCUT2D eigenvalue weighted by Crippen LogP contribution is -2.25. The van der Waals surface area contributed by atoms with Gasteiger partial charge in [0.2, 0.25) is 0 Å². The predicted molar refractivity (Wildman–Crippen MR) is 80.7 cm³/mol. The van der Waals surface area contributed by atoms with E-state index in [1.807, 2.05) is 42.5 Å². The van der Waals surface area contributed by atoms with Crippen molar-refractivity contribution in [2.75, 3.05) is 20.3 Å². The number of ether oxygens (including phenoxy) is 1. The van der Waals surface area contributed by atoms with E-state index in [0.29, 0.717) is 18.7 Å². The van der Waals surface area contributed by atoms with Crippen LogP contribution in [0.4, 0.5) is 0 Å². The smallest absolute Gasteiger partial charge is 0.251 e. The molecule has 3 heteroatoms. The summed E-state index contributed by atoms with van der Waals surface area (Å²) in [5, 5.41) is 2.87. The van der Waals surface area contributed by atoms with Gasteiger partial charge >= 0.3 is 0 Å². The van der Waals surface area contributed by atoms with Crippen molar-refractivity contribution in [3.05, 3.63) is 60.2 Å². The predicted octanol–water partition coefficient (Wildman–Crippen LogP) is 3.12. The van der Waals surface area contributed by atoms with E-state index >= 15 is 0 Å². The van der Waals surface area contributed by atoms with Gasteiger partial charge in [0.05, 0.1) is 0 Å². The number of nitrogens with one attached hydrogen (secondary N) is 1. The van der Waals surface area contributed by atoms with Crippen LogP contribution in [0, 0.1) is 0 Å². The standard InChI is InChI=1S/C17H19NO2/c1-20-13-5-12-18-17(19)16-10-8-15(9-11-16)14-6-3-2-4-7-14/h2-4,6-11H,5,12-13H2,1H3,(H,18,19).